The summed E-state index contributed by atoms with van der Waals surface area (Å²) in [5.74, 6) is -0.375. The molecule has 112 valence electrons. The summed E-state index contributed by atoms with van der Waals surface area (Å²) in [6.07, 6.45) is 1.74. The van der Waals surface area contributed by atoms with Crippen LogP contribution in [0.25, 0.3) is 0 Å². The lowest BCUT2D eigenvalue weighted by Crippen LogP contribution is -2.24. The molecule has 0 fully saturated rings. The van der Waals surface area contributed by atoms with Crippen molar-refractivity contribution in [1.29, 1.82) is 0 Å². The minimum Gasteiger partial charge on any atom is -0.310 e. The highest BCUT2D eigenvalue weighted by Gasteiger charge is 2.12. The molecule has 1 unspecified atom stereocenters. The van der Waals surface area contributed by atoms with Gasteiger partial charge in [-0.15, -0.1) is 0 Å². The molecular formula is C17H18Cl2FN. The predicted octanol–water partition coefficient (Wildman–Crippen LogP) is 5.42. The van der Waals surface area contributed by atoms with Gasteiger partial charge < -0.3 is 5.32 Å². The zero-order chi connectivity index (χ0) is 15.2. The standard InChI is InChI=1S/C17H18Cl2FN/c1-2-9-21-17(13-4-6-14(18)7-5-13)11-12-3-8-15(19)16(20)10-12/h3-8,10,17,21H,2,9,11H2,1H3. The SMILES string of the molecule is CCCNC(Cc1ccc(Cl)c(F)c1)c1ccc(Cl)cc1. The molecule has 0 radical (unpaired) electrons. The summed E-state index contributed by atoms with van der Waals surface area (Å²) in [7, 11) is 0. The maximum atomic E-state index is 13.6. The van der Waals surface area contributed by atoms with Gasteiger partial charge in [0.2, 0.25) is 0 Å². The van der Waals surface area contributed by atoms with Crippen LogP contribution in [0.2, 0.25) is 10.0 Å². The van der Waals surface area contributed by atoms with Crippen LogP contribution in [0, 0.1) is 5.82 Å². The summed E-state index contributed by atoms with van der Waals surface area (Å²) in [4.78, 5) is 0. The third-order valence-corrected chi connectivity index (χ3v) is 3.90. The second-order valence-corrected chi connectivity index (χ2v) is 5.85. The molecular weight excluding hydrogens is 308 g/mol. The molecule has 0 aromatic heterocycles. The third-order valence-electron chi connectivity index (χ3n) is 3.34. The first-order valence-corrected chi connectivity index (χ1v) is 7.78. The quantitative estimate of drug-likeness (QED) is 0.748. The summed E-state index contributed by atoms with van der Waals surface area (Å²) >= 11 is 11.7. The van der Waals surface area contributed by atoms with Gasteiger partial charge in [0.05, 0.1) is 5.02 Å². The van der Waals surface area contributed by atoms with Crippen molar-refractivity contribution in [3.63, 3.8) is 0 Å². The number of nitrogens with one attached hydrogen (secondary N) is 1. The van der Waals surface area contributed by atoms with E-state index in [4.69, 9.17) is 23.2 Å². The van der Waals surface area contributed by atoms with Gasteiger partial charge in [-0.1, -0.05) is 48.3 Å². The molecule has 2 rings (SSSR count). The summed E-state index contributed by atoms with van der Waals surface area (Å²) in [5.41, 5.74) is 2.06. The average Bonchev–Trinajstić information content (AvgIpc) is 2.48. The molecule has 4 heteroatoms. The Balaban J connectivity index is 2.19. The highest BCUT2D eigenvalue weighted by molar-refractivity contribution is 6.30. The Labute approximate surface area is 135 Å². The van der Waals surface area contributed by atoms with Gasteiger partial charge in [-0.05, 0) is 54.8 Å². The van der Waals surface area contributed by atoms with E-state index in [0.717, 1.165) is 24.1 Å². The lowest BCUT2D eigenvalue weighted by atomic mass is 9.98. The van der Waals surface area contributed by atoms with Crippen molar-refractivity contribution in [3.05, 3.63) is 69.5 Å². The molecule has 2 aromatic carbocycles. The van der Waals surface area contributed by atoms with Crippen LogP contribution in [0.4, 0.5) is 4.39 Å². The van der Waals surface area contributed by atoms with Crippen LogP contribution in [-0.2, 0) is 6.42 Å². The molecule has 0 aliphatic heterocycles. The number of hydrogen-bond acceptors (Lipinski definition) is 1. The largest absolute Gasteiger partial charge is 0.310 e. The van der Waals surface area contributed by atoms with E-state index in [9.17, 15) is 4.39 Å². The van der Waals surface area contributed by atoms with Crippen molar-refractivity contribution in [3.8, 4) is 0 Å². The van der Waals surface area contributed by atoms with Gasteiger partial charge in [0, 0.05) is 11.1 Å². The van der Waals surface area contributed by atoms with Crippen LogP contribution in [0.3, 0.4) is 0 Å². The number of rotatable bonds is 6. The maximum absolute atomic E-state index is 13.6. The first-order valence-electron chi connectivity index (χ1n) is 7.03. The number of benzene rings is 2. The molecule has 0 saturated carbocycles. The van der Waals surface area contributed by atoms with E-state index >= 15 is 0 Å². The zero-order valence-corrected chi connectivity index (χ0v) is 13.4. The third kappa shape index (κ3) is 4.70. The van der Waals surface area contributed by atoms with Gasteiger partial charge in [0.15, 0.2) is 0 Å². The zero-order valence-electron chi connectivity index (χ0n) is 11.9. The summed E-state index contributed by atoms with van der Waals surface area (Å²) in [5, 5.41) is 4.36. The normalized spacial score (nSPS) is 12.4. The Morgan fingerprint density at radius 1 is 1.10 bits per heavy atom. The van der Waals surface area contributed by atoms with Crippen LogP contribution in [0.1, 0.15) is 30.5 Å². The molecule has 0 spiro atoms. The topological polar surface area (TPSA) is 12.0 Å². The fraction of sp³-hybridized carbons (Fsp3) is 0.294. The van der Waals surface area contributed by atoms with Gasteiger partial charge in [0.25, 0.3) is 0 Å². The molecule has 0 aliphatic rings. The van der Waals surface area contributed by atoms with Gasteiger partial charge in [0.1, 0.15) is 5.82 Å². The molecule has 0 bridgehead atoms. The highest BCUT2D eigenvalue weighted by atomic mass is 35.5. The smallest absolute Gasteiger partial charge is 0.142 e. The van der Waals surface area contributed by atoms with Crippen LogP contribution in [0.15, 0.2) is 42.5 Å². The first kappa shape index (κ1) is 16.3. The van der Waals surface area contributed by atoms with Crippen LogP contribution in [0.5, 0.6) is 0 Å². The highest BCUT2D eigenvalue weighted by Crippen LogP contribution is 2.23. The van der Waals surface area contributed by atoms with Crippen molar-refractivity contribution >= 4 is 23.2 Å². The van der Waals surface area contributed by atoms with Gasteiger partial charge >= 0.3 is 0 Å². The average molecular weight is 326 g/mol. The molecule has 1 nitrogen and oxygen atoms in total. The molecule has 1 atom stereocenters. The summed E-state index contributed by atoms with van der Waals surface area (Å²) in [6, 6.07) is 12.8. The van der Waals surface area contributed by atoms with Crippen molar-refractivity contribution < 1.29 is 4.39 Å². The van der Waals surface area contributed by atoms with E-state index in [1.165, 1.54) is 6.07 Å². The fourth-order valence-electron chi connectivity index (χ4n) is 2.22. The monoisotopic (exact) mass is 325 g/mol. The molecule has 2 aromatic rings. The first-order chi connectivity index (χ1) is 10.1. The minimum atomic E-state index is -0.375. The van der Waals surface area contributed by atoms with Gasteiger partial charge in [-0.3, -0.25) is 0 Å². The Morgan fingerprint density at radius 2 is 1.81 bits per heavy atom. The van der Waals surface area contributed by atoms with Crippen molar-refractivity contribution in [2.75, 3.05) is 6.54 Å². The Bertz CT molecular complexity index is 584. The Morgan fingerprint density at radius 3 is 2.43 bits per heavy atom. The molecule has 0 amide bonds. The number of hydrogen-bond donors (Lipinski definition) is 1. The van der Waals surface area contributed by atoms with Crippen molar-refractivity contribution in [1.82, 2.24) is 5.32 Å². The van der Waals surface area contributed by atoms with Crippen molar-refractivity contribution in [2.24, 2.45) is 0 Å². The summed E-state index contributed by atoms with van der Waals surface area (Å²) in [6.45, 7) is 3.03. The lowest BCUT2D eigenvalue weighted by molar-refractivity contribution is 0.527. The fourth-order valence-corrected chi connectivity index (χ4v) is 2.47. The summed E-state index contributed by atoms with van der Waals surface area (Å²) < 4.78 is 13.6. The molecule has 0 saturated heterocycles. The molecule has 0 heterocycles. The van der Waals surface area contributed by atoms with E-state index in [-0.39, 0.29) is 16.9 Å². The van der Waals surface area contributed by atoms with E-state index in [2.05, 4.69) is 12.2 Å². The van der Waals surface area contributed by atoms with Crippen molar-refractivity contribution in [2.45, 2.75) is 25.8 Å². The maximum Gasteiger partial charge on any atom is 0.142 e. The van der Waals surface area contributed by atoms with Crippen LogP contribution >= 0.6 is 23.2 Å². The molecule has 1 N–H and O–H groups in total. The number of halogens is 3. The Kier molecular flexibility index (Phi) is 6.04. The van der Waals surface area contributed by atoms with Crippen LogP contribution in [-0.4, -0.2) is 6.54 Å². The van der Waals surface area contributed by atoms with Gasteiger partial charge in [-0.2, -0.15) is 0 Å². The molecule has 0 aliphatic carbocycles. The van der Waals surface area contributed by atoms with Crippen LogP contribution < -0.4 is 5.32 Å². The second kappa shape index (κ2) is 7.79. The minimum absolute atomic E-state index is 0.128. The van der Waals surface area contributed by atoms with Gasteiger partial charge in [-0.25, -0.2) is 4.39 Å². The molecule has 21 heavy (non-hydrogen) atoms. The Hall–Kier alpha value is -1.09. The van der Waals surface area contributed by atoms with E-state index in [1.807, 2.05) is 30.3 Å². The van der Waals surface area contributed by atoms with E-state index < -0.39 is 0 Å². The van der Waals surface area contributed by atoms with E-state index in [1.54, 1.807) is 6.07 Å². The second-order valence-electron chi connectivity index (χ2n) is 5.01. The predicted molar refractivity (Wildman–Crippen MR) is 87.6 cm³/mol. The van der Waals surface area contributed by atoms with E-state index in [0.29, 0.717) is 11.4 Å². The lowest BCUT2D eigenvalue weighted by Gasteiger charge is -2.19.